The van der Waals surface area contributed by atoms with Crippen molar-refractivity contribution in [3.63, 3.8) is 0 Å². The Morgan fingerprint density at radius 3 is 2.36 bits per heavy atom. The van der Waals surface area contributed by atoms with Crippen molar-refractivity contribution in [3.05, 3.63) is 51.2 Å². The second-order valence-corrected chi connectivity index (χ2v) is 7.22. The van der Waals surface area contributed by atoms with Crippen molar-refractivity contribution < 1.29 is 33.3 Å². The number of ether oxygens (including phenoxy) is 5. The van der Waals surface area contributed by atoms with Gasteiger partial charge in [0, 0.05) is 11.3 Å². The van der Waals surface area contributed by atoms with Crippen LogP contribution in [0.25, 0.3) is 0 Å². The van der Waals surface area contributed by atoms with Crippen molar-refractivity contribution in [1.29, 1.82) is 0 Å². The van der Waals surface area contributed by atoms with Crippen LogP contribution in [0.3, 0.4) is 0 Å². The average Bonchev–Trinajstić information content (AvgIpc) is 3.41. The molecule has 1 aliphatic heterocycles. The van der Waals surface area contributed by atoms with Gasteiger partial charge in [-0.3, -0.25) is 0 Å². The Bertz CT molecular complexity index is 852. The molecule has 7 nitrogen and oxygen atoms in total. The third kappa shape index (κ3) is 4.04. The molecule has 1 aromatic heterocycles. The van der Waals surface area contributed by atoms with E-state index in [-0.39, 0.29) is 11.1 Å². The van der Waals surface area contributed by atoms with E-state index >= 15 is 0 Å². The van der Waals surface area contributed by atoms with Crippen LogP contribution in [0.5, 0.6) is 5.75 Å². The minimum atomic E-state index is -0.664. The summed E-state index contributed by atoms with van der Waals surface area (Å²) >= 11 is 1.56. The molecular weight excluding hydrogens is 384 g/mol. The Kier molecular flexibility index (Phi) is 6.33. The van der Waals surface area contributed by atoms with Crippen molar-refractivity contribution in [2.45, 2.75) is 25.7 Å². The van der Waals surface area contributed by atoms with Gasteiger partial charge in [-0.25, -0.2) is 9.59 Å². The number of benzene rings is 1. The summed E-state index contributed by atoms with van der Waals surface area (Å²) in [6.45, 7) is 3.50. The van der Waals surface area contributed by atoms with Gasteiger partial charge in [-0.2, -0.15) is 0 Å². The first-order valence-electron chi connectivity index (χ1n) is 8.83. The van der Waals surface area contributed by atoms with Gasteiger partial charge in [-0.15, -0.1) is 11.3 Å². The molecule has 2 heterocycles. The molecule has 2 aromatic rings. The molecule has 3 rings (SSSR count). The summed E-state index contributed by atoms with van der Waals surface area (Å²) in [5.41, 5.74) is 0.219. The molecule has 0 atom stereocenters. The van der Waals surface area contributed by atoms with E-state index in [4.69, 9.17) is 23.7 Å². The zero-order valence-electron chi connectivity index (χ0n) is 16.0. The highest BCUT2D eigenvalue weighted by molar-refractivity contribution is 7.12. The fourth-order valence-corrected chi connectivity index (χ4v) is 4.06. The third-order valence-corrected chi connectivity index (χ3v) is 5.62. The van der Waals surface area contributed by atoms with Crippen molar-refractivity contribution in [2.24, 2.45) is 0 Å². The van der Waals surface area contributed by atoms with Gasteiger partial charge in [-0.05, 0) is 30.3 Å². The van der Waals surface area contributed by atoms with E-state index < -0.39 is 17.7 Å². The zero-order valence-corrected chi connectivity index (χ0v) is 16.8. The van der Waals surface area contributed by atoms with E-state index in [1.807, 2.05) is 19.1 Å². The van der Waals surface area contributed by atoms with Crippen molar-refractivity contribution >= 4 is 23.3 Å². The van der Waals surface area contributed by atoms with E-state index in [1.54, 1.807) is 17.4 Å². The quantitative estimate of drug-likeness (QED) is 0.651. The molecule has 0 radical (unpaired) electrons. The maximum absolute atomic E-state index is 12.0. The van der Waals surface area contributed by atoms with Gasteiger partial charge in [-0.1, -0.05) is 6.92 Å². The van der Waals surface area contributed by atoms with E-state index in [0.717, 1.165) is 16.2 Å². The summed E-state index contributed by atoms with van der Waals surface area (Å²) < 4.78 is 26.9. The van der Waals surface area contributed by atoms with Crippen LogP contribution in [0.1, 0.15) is 43.8 Å². The summed E-state index contributed by atoms with van der Waals surface area (Å²) in [4.78, 5) is 25.8. The topological polar surface area (TPSA) is 80.3 Å². The smallest absolute Gasteiger partial charge is 0.338 e. The normalized spacial score (nSPS) is 15.2. The van der Waals surface area contributed by atoms with E-state index in [0.29, 0.717) is 25.6 Å². The van der Waals surface area contributed by atoms with E-state index in [1.165, 1.54) is 26.4 Å². The number of hydrogen-bond donors (Lipinski definition) is 0. The Morgan fingerprint density at radius 1 is 1.04 bits per heavy atom. The van der Waals surface area contributed by atoms with Crippen molar-refractivity contribution in [2.75, 3.05) is 27.4 Å². The number of carbonyl (C=O) groups excluding carboxylic acids is 2. The van der Waals surface area contributed by atoms with Crippen molar-refractivity contribution in [3.8, 4) is 5.75 Å². The summed E-state index contributed by atoms with van der Waals surface area (Å²) in [7, 11) is 2.50. The number of methoxy groups -OCH3 is 2. The first-order valence-corrected chi connectivity index (χ1v) is 9.65. The number of esters is 2. The Morgan fingerprint density at radius 2 is 1.71 bits per heavy atom. The minimum Gasteiger partial charge on any atom is -0.488 e. The van der Waals surface area contributed by atoms with Crippen LogP contribution < -0.4 is 4.74 Å². The number of hydrogen-bond acceptors (Lipinski definition) is 8. The maximum Gasteiger partial charge on any atom is 0.338 e. The van der Waals surface area contributed by atoms with E-state index in [2.05, 4.69) is 0 Å². The molecule has 0 spiro atoms. The molecule has 150 valence electrons. The van der Waals surface area contributed by atoms with Gasteiger partial charge < -0.3 is 23.7 Å². The predicted molar refractivity (Wildman–Crippen MR) is 102 cm³/mol. The van der Waals surface area contributed by atoms with Crippen LogP contribution in [0.15, 0.2) is 30.3 Å². The molecule has 0 bridgehead atoms. The fraction of sp³-hybridized carbons (Fsp3) is 0.400. The van der Waals surface area contributed by atoms with Gasteiger partial charge in [0.25, 0.3) is 0 Å². The third-order valence-electron chi connectivity index (χ3n) is 4.44. The molecule has 1 saturated heterocycles. The highest BCUT2D eigenvalue weighted by atomic mass is 32.1. The Labute approximate surface area is 167 Å². The Balaban J connectivity index is 1.74. The van der Waals surface area contributed by atoms with Gasteiger partial charge in [0.05, 0.1) is 43.4 Å². The lowest BCUT2D eigenvalue weighted by Crippen LogP contribution is -2.24. The molecule has 0 amide bonds. The monoisotopic (exact) mass is 406 g/mol. The highest BCUT2D eigenvalue weighted by Crippen LogP contribution is 2.38. The van der Waals surface area contributed by atoms with Gasteiger partial charge >= 0.3 is 11.9 Å². The largest absolute Gasteiger partial charge is 0.488 e. The second kappa shape index (κ2) is 8.72. The van der Waals surface area contributed by atoms with Crippen LogP contribution in [0.4, 0.5) is 0 Å². The molecule has 28 heavy (non-hydrogen) atoms. The average molecular weight is 406 g/mol. The lowest BCUT2D eigenvalue weighted by atomic mass is 10.1. The van der Waals surface area contributed by atoms with E-state index in [9.17, 15) is 9.59 Å². The molecule has 1 aliphatic rings. The molecule has 1 aromatic carbocycles. The second-order valence-electron chi connectivity index (χ2n) is 6.05. The van der Waals surface area contributed by atoms with Crippen LogP contribution in [-0.4, -0.2) is 39.4 Å². The molecule has 8 heteroatoms. The summed E-state index contributed by atoms with van der Waals surface area (Å²) in [5.74, 6) is -1.47. The lowest BCUT2D eigenvalue weighted by molar-refractivity contribution is -0.164. The molecular formula is C20H22O7S. The standard InChI is InChI=1S/C20H22O7S/c1-4-20(26-9-10-27-20)17-8-6-14(28-17)12-25-13-5-7-15(18(21)23-2)16(11-13)19(22)24-3/h5-8,11H,4,9-10,12H2,1-3H3. The fourth-order valence-electron chi connectivity index (χ4n) is 2.97. The first kappa shape index (κ1) is 20.3. The summed E-state index contributed by atoms with van der Waals surface area (Å²) in [6.07, 6.45) is 0.727. The Hall–Kier alpha value is -2.42. The van der Waals surface area contributed by atoms with Crippen LogP contribution >= 0.6 is 11.3 Å². The molecule has 1 fully saturated rings. The molecule has 0 unspecified atom stereocenters. The molecule has 0 saturated carbocycles. The molecule has 0 aliphatic carbocycles. The molecule has 0 N–H and O–H groups in total. The van der Waals surface area contributed by atoms with Gasteiger partial charge in [0.1, 0.15) is 12.4 Å². The predicted octanol–water partition coefficient (Wildman–Crippen LogP) is 3.51. The first-order chi connectivity index (χ1) is 13.5. The lowest BCUT2D eigenvalue weighted by Gasteiger charge is -2.24. The van der Waals surface area contributed by atoms with Crippen LogP contribution in [0.2, 0.25) is 0 Å². The van der Waals surface area contributed by atoms with Gasteiger partial charge in [0.2, 0.25) is 5.79 Å². The highest BCUT2D eigenvalue weighted by Gasteiger charge is 2.38. The van der Waals surface area contributed by atoms with Gasteiger partial charge in [0.15, 0.2) is 0 Å². The minimum absolute atomic E-state index is 0.0939. The number of carbonyl (C=O) groups is 2. The number of thiophene rings is 1. The summed E-state index contributed by atoms with van der Waals surface area (Å²) in [6, 6.07) is 8.53. The van der Waals surface area contributed by atoms with Crippen molar-refractivity contribution in [1.82, 2.24) is 0 Å². The maximum atomic E-state index is 12.0. The van der Waals surface area contributed by atoms with Crippen LogP contribution in [-0.2, 0) is 31.3 Å². The number of rotatable bonds is 7. The van der Waals surface area contributed by atoms with Crippen LogP contribution in [0, 0.1) is 0 Å². The zero-order chi connectivity index (χ0) is 20.1. The summed E-state index contributed by atoms with van der Waals surface area (Å²) in [5, 5.41) is 0. The SMILES string of the molecule is CCC1(c2ccc(COc3ccc(C(=O)OC)c(C(=O)OC)c3)s2)OCCO1.